The molecule has 0 radical (unpaired) electrons. The van der Waals surface area contributed by atoms with Crippen LogP contribution in [0.25, 0.3) is 16.3 Å². The van der Waals surface area contributed by atoms with Crippen molar-refractivity contribution >= 4 is 39.5 Å². The van der Waals surface area contributed by atoms with Crippen molar-refractivity contribution in [2.75, 3.05) is 37.6 Å². The van der Waals surface area contributed by atoms with Crippen molar-refractivity contribution in [2.24, 2.45) is 0 Å². The number of nitro benzene ring substituents is 1. The van der Waals surface area contributed by atoms with Crippen LogP contribution in [-0.4, -0.2) is 59.3 Å². The monoisotopic (exact) mass is 456 g/mol. The van der Waals surface area contributed by atoms with Gasteiger partial charge in [0.15, 0.2) is 0 Å². The number of carbonyl (C=O) groups excluding carboxylic acids is 2. The van der Waals surface area contributed by atoms with Crippen LogP contribution in [0.4, 0.5) is 11.4 Å². The highest BCUT2D eigenvalue weighted by atomic mass is 16.6. The van der Waals surface area contributed by atoms with Crippen LogP contribution in [-0.2, 0) is 9.59 Å². The fourth-order valence-corrected chi connectivity index (χ4v) is 4.73. The lowest BCUT2D eigenvalue weighted by atomic mass is 10.0. The number of hydrogen-bond donors (Lipinski definition) is 0. The molecule has 8 nitrogen and oxygen atoms in total. The Balaban J connectivity index is 1.62. The van der Waals surface area contributed by atoms with Gasteiger partial charge in [-0.2, -0.15) is 0 Å². The lowest BCUT2D eigenvalue weighted by molar-refractivity contribution is -0.384. The molecule has 5 rings (SSSR count). The van der Waals surface area contributed by atoms with Crippen LogP contribution >= 0.6 is 0 Å². The van der Waals surface area contributed by atoms with Gasteiger partial charge < -0.3 is 9.80 Å². The average molecular weight is 457 g/mol. The van der Waals surface area contributed by atoms with E-state index in [1.54, 1.807) is 18.2 Å². The minimum atomic E-state index is -0.479. The van der Waals surface area contributed by atoms with Gasteiger partial charge in [-0.15, -0.1) is 0 Å². The Morgan fingerprint density at radius 1 is 0.853 bits per heavy atom. The van der Waals surface area contributed by atoms with Gasteiger partial charge in [0.1, 0.15) is 5.70 Å². The molecule has 2 amide bonds. The van der Waals surface area contributed by atoms with Gasteiger partial charge >= 0.3 is 0 Å². The number of hydrogen-bond acceptors (Lipinski definition) is 6. The zero-order chi connectivity index (χ0) is 23.8. The maximum atomic E-state index is 13.9. The Bertz CT molecular complexity index is 1320. The summed E-state index contributed by atoms with van der Waals surface area (Å²) in [4.78, 5) is 43.9. The van der Waals surface area contributed by atoms with Crippen LogP contribution in [0.3, 0.4) is 0 Å². The van der Waals surface area contributed by atoms with E-state index in [2.05, 4.69) is 11.8 Å². The fourth-order valence-electron chi connectivity index (χ4n) is 4.73. The van der Waals surface area contributed by atoms with Crippen LogP contribution in [0.5, 0.6) is 0 Å². The second kappa shape index (κ2) is 8.72. The minimum Gasteiger partial charge on any atom is -0.364 e. The van der Waals surface area contributed by atoms with E-state index in [4.69, 9.17) is 0 Å². The molecule has 2 aliphatic heterocycles. The molecular weight excluding hydrogens is 432 g/mol. The maximum absolute atomic E-state index is 13.9. The van der Waals surface area contributed by atoms with Crippen molar-refractivity contribution in [3.63, 3.8) is 0 Å². The first kappa shape index (κ1) is 21.8. The molecule has 0 unspecified atom stereocenters. The number of carbonyl (C=O) groups is 2. The van der Waals surface area contributed by atoms with Gasteiger partial charge in [0.2, 0.25) is 0 Å². The first-order valence-electron chi connectivity index (χ1n) is 11.3. The number of nitro groups is 1. The molecule has 3 aromatic carbocycles. The zero-order valence-electron chi connectivity index (χ0n) is 18.8. The molecule has 0 aromatic heterocycles. The van der Waals surface area contributed by atoms with Crippen molar-refractivity contribution in [3.8, 4) is 0 Å². The average Bonchev–Trinajstić information content (AvgIpc) is 3.13. The Labute approximate surface area is 196 Å². The van der Waals surface area contributed by atoms with Crippen molar-refractivity contribution in [3.05, 3.63) is 88.1 Å². The molecule has 1 saturated heterocycles. The first-order chi connectivity index (χ1) is 16.5. The van der Waals surface area contributed by atoms with Gasteiger partial charge in [0.25, 0.3) is 17.5 Å². The molecule has 0 N–H and O–H groups in total. The van der Waals surface area contributed by atoms with E-state index in [9.17, 15) is 19.7 Å². The van der Waals surface area contributed by atoms with Gasteiger partial charge in [-0.25, -0.2) is 4.90 Å². The van der Waals surface area contributed by atoms with E-state index in [1.807, 2.05) is 41.3 Å². The minimum absolute atomic E-state index is 0.0647. The van der Waals surface area contributed by atoms with E-state index in [-0.39, 0.29) is 17.2 Å². The summed E-state index contributed by atoms with van der Waals surface area (Å²) >= 11 is 0. The molecular formula is C26H24N4O4. The molecule has 2 heterocycles. The number of anilines is 1. The molecule has 0 aliphatic carbocycles. The summed E-state index contributed by atoms with van der Waals surface area (Å²) in [6, 6.07) is 19.0. The molecule has 34 heavy (non-hydrogen) atoms. The molecule has 2 aliphatic rings. The zero-order valence-corrected chi connectivity index (χ0v) is 18.8. The summed E-state index contributed by atoms with van der Waals surface area (Å²) in [5.74, 6) is -0.775. The second-order valence-corrected chi connectivity index (χ2v) is 8.39. The third-order valence-electron chi connectivity index (χ3n) is 6.57. The first-order valence-corrected chi connectivity index (χ1v) is 11.3. The predicted octanol–water partition coefficient (Wildman–Crippen LogP) is 3.67. The van der Waals surface area contributed by atoms with Gasteiger partial charge in [-0.05, 0) is 35.7 Å². The van der Waals surface area contributed by atoms with Gasteiger partial charge in [-0.1, -0.05) is 43.3 Å². The highest BCUT2D eigenvalue weighted by Crippen LogP contribution is 2.38. The number of piperazine rings is 1. The normalized spacial score (nSPS) is 17.2. The van der Waals surface area contributed by atoms with Crippen molar-refractivity contribution in [1.29, 1.82) is 0 Å². The van der Waals surface area contributed by atoms with Crippen LogP contribution in [0.1, 0.15) is 12.5 Å². The van der Waals surface area contributed by atoms with Gasteiger partial charge in [-0.3, -0.25) is 19.7 Å². The summed E-state index contributed by atoms with van der Waals surface area (Å²) in [6.45, 7) is 5.87. The number of benzene rings is 3. The molecule has 0 bridgehead atoms. The summed E-state index contributed by atoms with van der Waals surface area (Å²) in [5.41, 5.74) is 1.62. The lowest BCUT2D eigenvalue weighted by Crippen LogP contribution is -2.47. The Morgan fingerprint density at radius 3 is 2.21 bits per heavy atom. The van der Waals surface area contributed by atoms with E-state index >= 15 is 0 Å². The summed E-state index contributed by atoms with van der Waals surface area (Å²) < 4.78 is 0. The van der Waals surface area contributed by atoms with Crippen molar-refractivity contribution < 1.29 is 14.5 Å². The standard InChI is InChI=1S/C26H24N4O4/c1-2-27-14-16-28(17-15-27)24-23(19-10-12-20(13-11-19)30(33)34)25(31)29(26(24)32)22-9-5-7-18-6-3-4-8-21(18)22/h3-13H,2,14-17H2,1H3. The molecule has 172 valence electrons. The van der Waals surface area contributed by atoms with E-state index in [0.717, 1.165) is 30.4 Å². The highest BCUT2D eigenvalue weighted by molar-refractivity contribution is 6.46. The number of amides is 2. The quantitative estimate of drug-likeness (QED) is 0.331. The van der Waals surface area contributed by atoms with Crippen LogP contribution in [0, 0.1) is 10.1 Å². The topological polar surface area (TPSA) is 87.0 Å². The smallest absolute Gasteiger partial charge is 0.282 e. The third-order valence-corrected chi connectivity index (χ3v) is 6.57. The molecule has 3 aromatic rings. The number of rotatable bonds is 5. The van der Waals surface area contributed by atoms with Gasteiger partial charge in [0.05, 0.1) is 16.2 Å². The van der Waals surface area contributed by atoms with Crippen LogP contribution in [0.15, 0.2) is 72.4 Å². The maximum Gasteiger partial charge on any atom is 0.282 e. The lowest BCUT2D eigenvalue weighted by Gasteiger charge is -2.36. The molecule has 0 atom stereocenters. The summed E-state index contributed by atoms with van der Waals surface area (Å²) in [5, 5.41) is 12.9. The number of non-ortho nitro benzene ring substituents is 1. The largest absolute Gasteiger partial charge is 0.364 e. The van der Waals surface area contributed by atoms with Crippen LogP contribution in [0.2, 0.25) is 0 Å². The number of likely N-dealkylation sites (N-methyl/N-ethyl adjacent to an activating group) is 1. The third kappa shape index (κ3) is 3.62. The Morgan fingerprint density at radius 2 is 1.53 bits per heavy atom. The van der Waals surface area contributed by atoms with Crippen LogP contribution < -0.4 is 4.90 Å². The van der Waals surface area contributed by atoms with Crippen molar-refractivity contribution in [1.82, 2.24) is 9.80 Å². The molecule has 1 fully saturated rings. The molecule has 0 saturated carbocycles. The second-order valence-electron chi connectivity index (χ2n) is 8.39. The van der Waals surface area contributed by atoms with Gasteiger partial charge in [0, 0.05) is 43.7 Å². The van der Waals surface area contributed by atoms with E-state index in [1.165, 1.54) is 17.0 Å². The SMILES string of the molecule is CCN1CCN(C2=C(c3ccc([N+](=O)[O-])cc3)C(=O)N(c3cccc4ccccc34)C2=O)CC1. The summed E-state index contributed by atoms with van der Waals surface area (Å²) in [7, 11) is 0. The van der Waals surface area contributed by atoms with E-state index < -0.39 is 10.8 Å². The number of imide groups is 1. The summed E-state index contributed by atoms with van der Waals surface area (Å²) in [6.07, 6.45) is 0. The Kier molecular flexibility index (Phi) is 5.59. The molecule has 8 heteroatoms. The van der Waals surface area contributed by atoms with E-state index in [0.29, 0.717) is 30.0 Å². The predicted molar refractivity (Wildman–Crippen MR) is 130 cm³/mol. The fraction of sp³-hybridized carbons (Fsp3) is 0.231. The molecule has 0 spiro atoms. The Hall–Kier alpha value is -4.04. The van der Waals surface area contributed by atoms with Crippen molar-refractivity contribution in [2.45, 2.75) is 6.92 Å². The number of fused-ring (bicyclic) bond motifs is 1. The number of nitrogens with zero attached hydrogens (tertiary/aromatic N) is 4. The highest BCUT2D eigenvalue weighted by Gasteiger charge is 2.43.